The molecule has 5 heteroatoms. The molecule has 0 radical (unpaired) electrons. The molecule has 0 fully saturated rings. The van der Waals surface area contributed by atoms with Crippen LogP contribution in [0.5, 0.6) is 0 Å². The summed E-state index contributed by atoms with van der Waals surface area (Å²) < 4.78 is 0.511. The van der Waals surface area contributed by atoms with Gasteiger partial charge in [-0.2, -0.15) is 0 Å². The molecule has 1 heterocycles. The van der Waals surface area contributed by atoms with E-state index in [1.807, 2.05) is 0 Å². The van der Waals surface area contributed by atoms with E-state index in [9.17, 15) is 0 Å². The van der Waals surface area contributed by atoms with E-state index in [0.29, 0.717) is 4.47 Å². The summed E-state index contributed by atoms with van der Waals surface area (Å²) in [5.74, 6) is 0. The molecule has 0 bridgehead atoms. The van der Waals surface area contributed by atoms with Gasteiger partial charge in [0.15, 0.2) is 0 Å². The summed E-state index contributed by atoms with van der Waals surface area (Å²) in [6.45, 7) is 7.29. The summed E-state index contributed by atoms with van der Waals surface area (Å²) in [7, 11) is 2.06. The molecule has 0 aromatic carbocycles. The predicted octanol–water partition coefficient (Wildman–Crippen LogP) is 2.42. The third-order valence-electron chi connectivity index (χ3n) is 1.96. The molecule has 0 amide bonds. The Labute approximate surface area is 87.7 Å². The fourth-order valence-electron chi connectivity index (χ4n) is 0.737. The zero-order valence-electron chi connectivity index (χ0n) is 8.33. The van der Waals surface area contributed by atoms with Crippen molar-refractivity contribution in [2.45, 2.75) is 32.9 Å². The molecule has 1 aromatic rings. The summed E-state index contributed by atoms with van der Waals surface area (Å²) >= 11 is 7.12. The molecule has 0 atom stereocenters. The Balaban J connectivity index is 2.60. The van der Waals surface area contributed by atoms with E-state index < -0.39 is 0 Å². The smallest absolute Gasteiger partial charge is 0.207 e. The number of halogens is 1. The topological polar surface area (TPSA) is 29.0 Å². The molecule has 1 aromatic heterocycles. The maximum absolute atomic E-state index is 5.68. The number of hydrogen-bond acceptors (Lipinski definition) is 4. The van der Waals surface area contributed by atoms with Crippen molar-refractivity contribution in [3.8, 4) is 0 Å². The largest absolute Gasteiger partial charge is 0.295 e. The lowest BCUT2D eigenvalue weighted by Crippen LogP contribution is -2.37. The van der Waals surface area contributed by atoms with Gasteiger partial charge in [0.2, 0.25) is 4.47 Å². The molecule has 0 unspecified atom stereocenters. The molecule has 0 saturated carbocycles. The summed E-state index contributed by atoms with van der Waals surface area (Å²) in [6, 6.07) is 0. The van der Waals surface area contributed by atoms with E-state index in [0.717, 1.165) is 11.6 Å². The van der Waals surface area contributed by atoms with Gasteiger partial charge in [-0.3, -0.25) is 4.90 Å². The zero-order chi connectivity index (χ0) is 10.1. The van der Waals surface area contributed by atoms with Gasteiger partial charge in [0.1, 0.15) is 5.01 Å². The second-order valence-corrected chi connectivity index (χ2v) is 5.62. The molecule has 3 nitrogen and oxygen atoms in total. The highest BCUT2D eigenvalue weighted by molar-refractivity contribution is 7.15. The highest BCUT2D eigenvalue weighted by Gasteiger charge is 2.18. The van der Waals surface area contributed by atoms with Crippen molar-refractivity contribution in [1.29, 1.82) is 0 Å². The van der Waals surface area contributed by atoms with E-state index in [1.165, 1.54) is 11.3 Å². The van der Waals surface area contributed by atoms with E-state index in [-0.39, 0.29) is 5.54 Å². The Morgan fingerprint density at radius 3 is 2.38 bits per heavy atom. The van der Waals surface area contributed by atoms with Crippen LogP contribution in [0.15, 0.2) is 0 Å². The van der Waals surface area contributed by atoms with E-state index in [1.54, 1.807) is 0 Å². The Bertz CT molecular complexity index is 279. The summed E-state index contributed by atoms with van der Waals surface area (Å²) in [4.78, 5) is 2.21. The third kappa shape index (κ3) is 3.21. The van der Waals surface area contributed by atoms with Crippen LogP contribution in [0.25, 0.3) is 0 Å². The van der Waals surface area contributed by atoms with Crippen LogP contribution in [-0.2, 0) is 6.54 Å². The second kappa shape index (κ2) is 3.90. The fourth-order valence-corrected chi connectivity index (χ4v) is 1.66. The zero-order valence-corrected chi connectivity index (χ0v) is 9.91. The van der Waals surface area contributed by atoms with Gasteiger partial charge in [0.05, 0.1) is 6.54 Å². The summed E-state index contributed by atoms with van der Waals surface area (Å²) in [5, 5.41) is 8.68. The lowest BCUT2D eigenvalue weighted by molar-refractivity contribution is 0.167. The molecule has 0 spiro atoms. The minimum Gasteiger partial charge on any atom is -0.295 e. The quantitative estimate of drug-likeness (QED) is 0.765. The van der Waals surface area contributed by atoms with Gasteiger partial charge in [0, 0.05) is 5.54 Å². The molecule has 0 aliphatic heterocycles. The molecule has 0 saturated heterocycles. The Kier molecular flexibility index (Phi) is 3.27. The first-order valence-electron chi connectivity index (χ1n) is 4.09. The normalized spacial score (nSPS) is 12.5. The predicted molar refractivity (Wildman–Crippen MR) is 56.1 cm³/mol. The highest BCUT2D eigenvalue weighted by Crippen LogP contribution is 2.19. The van der Waals surface area contributed by atoms with E-state index in [2.05, 4.69) is 42.9 Å². The van der Waals surface area contributed by atoms with Crippen LogP contribution >= 0.6 is 22.9 Å². The van der Waals surface area contributed by atoms with Gasteiger partial charge >= 0.3 is 0 Å². The summed E-state index contributed by atoms with van der Waals surface area (Å²) in [6.07, 6.45) is 0. The Hall–Kier alpha value is -0.190. The van der Waals surface area contributed by atoms with Crippen LogP contribution < -0.4 is 0 Å². The number of nitrogens with zero attached hydrogens (tertiary/aromatic N) is 3. The second-order valence-electron chi connectivity index (χ2n) is 3.98. The van der Waals surface area contributed by atoms with E-state index >= 15 is 0 Å². The standard InChI is InChI=1S/C8H14ClN3S/c1-8(2,3)12(4)5-6-10-11-7(9)13-6/h5H2,1-4H3. The maximum Gasteiger partial charge on any atom is 0.207 e. The maximum atomic E-state index is 5.68. The van der Waals surface area contributed by atoms with Crippen LogP contribution in [0.4, 0.5) is 0 Å². The first-order valence-corrected chi connectivity index (χ1v) is 5.28. The van der Waals surface area contributed by atoms with Crippen molar-refractivity contribution in [3.63, 3.8) is 0 Å². The number of hydrogen-bond donors (Lipinski definition) is 0. The van der Waals surface area contributed by atoms with E-state index in [4.69, 9.17) is 11.6 Å². The fraction of sp³-hybridized carbons (Fsp3) is 0.750. The third-order valence-corrected chi connectivity index (χ3v) is 2.96. The van der Waals surface area contributed by atoms with Gasteiger partial charge in [-0.1, -0.05) is 11.3 Å². The first-order chi connectivity index (χ1) is 5.89. The van der Waals surface area contributed by atoms with Crippen LogP contribution in [0.2, 0.25) is 4.47 Å². The van der Waals surface area contributed by atoms with Crippen molar-refractivity contribution >= 4 is 22.9 Å². The average molecular weight is 220 g/mol. The van der Waals surface area contributed by atoms with Crippen LogP contribution in [-0.4, -0.2) is 27.7 Å². The van der Waals surface area contributed by atoms with Gasteiger partial charge in [-0.15, -0.1) is 10.2 Å². The first kappa shape index (κ1) is 10.9. The molecule has 0 aliphatic rings. The monoisotopic (exact) mass is 219 g/mol. The summed E-state index contributed by atoms with van der Waals surface area (Å²) in [5.41, 5.74) is 0.151. The number of rotatable bonds is 2. The molecule has 1 rings (SSSR count). The minimum atomic E-state index is 0.151. The molecule has 0 aliphatic carbocycles. The lowest BCUT2D eigenvalue weighted by atomic mass is 10.1. The van der Waals surface area contributed by atoms with Crippen molar-refractivity contribution in [2.24, 2.45) is 0 Å². The average Bonchev–Trinajstić information content (AvgIpc) is 2.33. The van der Waals surface area contributed by atoms with Crippen molar-refractivity contribution in [2.75, 3.05) is 7.05 Å². The molecule has 74 valence electrons. The van der Waals surface area contributed by atoms with Gasteiger partial charge in [-0.25, -0.2) is 0 Å². The van der Waals surface area contributed by atoms with Crippen molar-refractivity contribution < 1.29 is 0 Å². The molecular weight excluding hydrogens is 206 g/mol. The Morgan fingerprint density at radius 2 is 2.00 bits per heavy atom. The van der Waals surface area contributed by atoms with Crippen LogP contribution in [0.1, 0.15) is 25.8 Å². The lowest BCUT2D eigenvalue weighted by Gasteiger charge is -2.30. The van der Waals surface area contributed by atoms with Crippen LogP contribution in [0, 0.1) is 0 Å². The van der Waals surface area contributed by atoms with Crippen LogP contribution in [0.3, 0.4) is 0 Å². The van der Waals surface area contributed by atoms with Gasteiger partial charge < -0.3 is 0 Å². The molecular formula is C8H14ClN3S. The molecule has 13 heavy (non-hydrogen) atoms. The van der Waals surface area contributed by atoms with Gasteiger partial charge in [-0.05, 0) is 39.4 Å². The van der Waals surface area contributed by atoms with Crippen molar-refractivity contribution in [3.05, 3.63) is 9.47 Å². The van der Waals surface area contributed by atoms with Gasteiger partial charge in [0.25, 0.3) is 0 Å². The number of aromatic nitrogens is 2. The van der Waals surface area contributed by atoms with Crippen molar-refractivity contribution in [1.82, 2.24) is 15.1 Å². The highest BCUT2D eigenvalue weighted by atomic mass is 35.5. The molecule has 0 N–H and O–H groups in total. The minimum absolute atomic E-state index is 0.151. The SMILES string of the molecule is CN(Cc1nnc(Cl)s1)C(C)(C)C. The Morgan fingerprint density at radius 1 is 1.38 bits per heavy atom.